The van der Waals surface area contributed by atoms with Gasteiger partial charge in [-0.25, -0.2) is 0 Å². The summed E-state index contributed by atoms with van der Waals surface area (Å²) in [6.45, 7) is 3.00. The van der Waals surface area contributed by atoms with E-state index in [4.69, 9.17) is 0 Å². The fraction of sp³-hybridized carbons (Fsp3) is 0.308. The standard InChI is InChI=1S/C13H17N3S/c1-10-5-7-17-13(10)9-15-11-8-14-6-4-12(11)16(2)3/h4-8,15H,9H2,1-3H3. The van der Waals surface area contributed by atoms with Gasteiger partial charge in [-0.2, -0.15) is 0 Å². The van der Waals surface area contributed by atoms with Crippen LogP contribution in [-0.2, 0) is 6.54 Å². The number of thiophene rings is 1. The second-order valence-electron chi connectivity index (χ2n) is 4.17. The van der Waals surface area contributed by atoms with E-state index in [-0.39, 0.29) is 0 Å². The molecular formula is C13H17N3S. The first kappa shape index (κ1) is 11.9. The van der Waals surface area contributed by atoms with Gasteiger partial charge in [0.15, 0.2) is 0 Å². The smallest absolute Gasteiger partial charge is 0.0767 e. The normalized spacial score (nSPS) is 10.3. The molecule has 0 aliphatic rings. The van der Waals surface area contributed by atoms with Gasteiger partial charge in [0.05, 0.1) is 17.6 Å². The molecule has 2 aromatic heterocycles. The fourth-order valence-corrected chi connectivity index (χ4v) is 2.52. The Morgan fingerprint density at radius 2 is 2.18 bits per heavy atom. The molecule has 0 unspecified atom stereocenters. The van der Waals surface area contributed by atoms with Crippen LogP contribution in [0.5, 0.6) is 0 Å². The van der Waals surface area contributed by atoms with Gasteiger partial charge < -0.3 is 10.2 Å². The van der Waals surface area contributed by atoms with Gasteiger partial charge in [-0.15, -0.1) is 11.3 Å². The Hall–Kier alpha value is -1.55. The quantitative estimate of drug-likeness (QED) is 0.899. The van der Waals surface area contributed by atoms with Crippen LogP contribution in [-0.4, -0.2) is 19.1 Å². The van der Waals surface area contributed by atoms with Gasteiger partial charge in [-0.3, -0.25) is 4.98 Å². The first-order valence-corrected chi connectivity index (χ1v) is 6.44. The lowest BCUT2D eigenvalue weighted by molar-refractivity contribution is 1.09. The molecule has 0 saturated heterocycles. The second-order valence-corrected chi connectivity index (χ2v) is 5.17. The van der Waals surface area contributed by atoms with E-state index in [1.165, 1.54) is 10.4 Å². The first-order chi connectivity index (χ1) is 8.18. The van der Waals surface area contributed by atoms with Crippen LogP contribution >= 0.6 is 11.3 Å². The lowest BCUT2D eigenvalue weighted by atomic mass is 10.2. The van der Waals surface area contributed by atoms with Crippen LogP contribution in [0.3, 0.4) is 0 Å². The van der Waals surface area contributed by atoms with Crippen molar-refractivity contribution < 1.29 is 0 Å². The zero-order valence-corrected chi connectivity index (χ0v) is 11.2. The Morgan fingerprint density at radius 3 is 2.82 bits per heavy atom. The van der Waals surface area contributed by atoms with Crippen LogP contribution < -0.4 is 10.2 Å². The summed E-state index contributed by atoms with van der Waals surface area (Å²) in [5.41, 5.74) is 3.58. The van der Waals surface area contributed by atoms with Crippen LogP contribution in [0.25, 0.3) is 0 Å². The molecule has 0 aliphatic carbocycles. The molecule has 0 radical (unpaired) electrons. The van der Waals surface area contributed by atoms with Crippen molar-refractivity contribution >= 4 is 22.7 Å². The third-order valence-electron chi connectivity index (χ3n) is 2.69. The molecule has 4 heteroatoms. The van der Waals surface area contributed by atoms with Crippen molar-refractivity contribution in [2.24, 2.45) is 0 Å². The highest BCUT2D eigenvalue weighted by Crippen LogP contribution is 2.24. The lowest BCUT2D eigenvalue weighted by Crippen LogP contribution is -2.12. The predicted molar refractivity (Wildman–Crippen MR) is 74.9 cm³/mol. The number of hydrogen-bond donors (Lipinski definition) is 1. The van der Waals surface area contributed by atoms with Crippen LogP contribution in [0.2, 0.25) is 0 Å². The van der Waals surface area contributed by atoms with Gasteiger partial charge >= 0.3 is 0 Å². The number of nitrogens with one attached hydrogen (secondary N) is 1. The van der Waals surface area contributed by atoms with Crippen LogP contribution in [0.15, 0.2) is 29.9 Å². The molecule has 0 amide bonds. The van der Waals surface area contributed by atoms with E-state index in [1.54, 1.807) is 11.3 Å². The summed E-state index contributed by atoms with van der Waals surface area (Å²) in [4.78, 5) is 7.63. The summed E-state index contributed by atoms with van der Waals surface area (Å²) in [6.07, 6.45) is 3.69. The third-order valence-corrected chi connectivity index (χ3v) is 3.71. The maximum atomic E-state index is 4.16. The lowest BCUT2D eigenvalue weighted by Gasteiger charge is -2.17. The molecule has 1 N–H and O–H groups in total. The van der Waals surface area contributed by atoms with E-state index in [9.17, 15) is 0 Å². The zero-order valence-electron chi connectivity index (χ0n) is 10.4. The molecule has 0 fully saturated rings. The monoisotopic (exact) mass is 247 g/mol. The Morgan fingerprint density at radius 1 is 1.35 bits per heavy atom. The number of anilines is 2. The molecule has 2 rings (SSSR count). The summed E-state index contributed by atoms with van der Waals surface area (Å²) in [7, 11) is 4.08. The Labute approximate surface area is 106 Å². The summed E-state index contributed by atoms with van der Waals surface area (Å²) >= 11 is 1.79. The number of pyridine rings is 1. The molecule has 90 valence electrons. The maximum Gasteiger partial charge on any atom is 0.0767 e. The van der Waals surface area contributed by atoms with Crippen molar-refractivity contribution in [2.45, 2.75) is 13.5 Å². The number of rotatable bonds is 4. The van der Waals surface area contributed by atoms with E-state index in [2.05, 4.69) is 33.6 Å². The Balaban J connectivity index is 2.11. The SMILES string of the molecule is Cc1ccsc1CNc1cnccc1N(C)C. The summed E-state index contributed by atoms with van der Waals surface area (Å²) < 4.78 is 0. The van der Waals surface area contributed by atoms with Gasteiger partial charge in [-0.05, 0) is 30.0 Å². The number of aryl methyl sites for hydroxylation is 1. The van der Waals surface area contributed by atoms with Crippen LogP contribution in [0.4, 0.5) is 11.4 Å². The molecule has 2 aromatic rings. The van der Waals surface area contributed by atoms with Gasteiger partial charge in [-0.1, -0.05) is 0 Å². The molecule has 0 aliphatic heterocycles. The fourth-order valence-electron chi connectivity index (χ4n) is 1.67. The molecule has 0 aromatic carbocycles. The van der Waals surface area contributed by atoms with Gasteiger partial charge in [0, 0.05) is 31.7 Å². The maximum absolute atomic E-state index is 4.16. The van der Waals surface area contributed by atoms with Crippen molar-refractivity contribution in [1.82, 2.24) is 4.98 Å². The average Bonchev–Trinajstić information content (AvgIpc) is 2.72. The molecule has 2 heterocycles. The minimum Gasteiger partial charge on any atom is -0.377 e. The van der Waals surface area contributed by atoms with Crippen molar-refractivity contribution in [3.63, 3.8) is 0 Å². The summed E-state index contributed by atoms with van der Waals surface area (Å²) in [5.74, 6) is 0. The summed E-state index contributed by atoms with van der Waals surface area (Å²) in [5, 5.41) is 5.57. The Kier molecular flexibility index (Phi) is 3.64. The molecule has 17 heavy (non-hydrogen) atoms. The van der Waals surface area contributed by atoms with Crippen molar-refractivity contribution in [3.05, 3.63) is 40.3 Å². The molecular weight excluding hydrogens is 230 g/mol. The van der Waals surface area contributed by atoms with Gasteiger partial charge in [0.1, 0.15) is 0 Å². The topological polar surface area (TPSA) is 28.2 Å². The third kappa shape index (κ3) is 2.77. The van der Waals surface area contributed by atoms with Gasteiger partial charge in [0.25, 0.3) is 0 Å². The zero-order chi connectivity index (χ0) is 12.3. The molecule has 0 spiro atoms. The van der Waals surface area contributed by atoms with E-state index in [1.807, 2.05) is 32.6 Å². The van der Waals surface area contributed by atoms with E-state index in [0.29, 0.717) is 0 Å². The first-order valence-electron chi connectivity index (χ1n) is 5.56. The number of aromatic nitrogens is 1. The van der Waals surface area contributed by atoms with Crippen LogP contribution in [0.1, 0.15) is 10.4 Å². The molecule has 0 saturated carbocycles. The van der Waals surface area contributed by atoms with Gasteiger partial charge in [0.2, 0.25) is 0 Å². The minimum absolute atomic E-state index is 0.857. The van der Waals surface area contributed by atoms with E-state index in [0.717, 1.165) is 17.9 Å². The minimum atomic E-state index is 0.857. The van der Waals surface area contributed by atoms with Crippen molar-refractivity contribution in [2.75, 3.05) is 24.3 Å². The average molecular weight is 247 g/mol. The largest absolute Gasteiger partial charge is 0.377 e. The molecule has 0 bridgehead atoms. The molecule has 3 nitrogen and oxygen atoms in total. The van der Waals surface area contributed by atoms with Crippen molar-refractivity contribution in [1.29, 1.82) is 0 Å². The molecule has 0 atom stereocenters. The van der Waals surface area contributed by atoms with Crippen molar-refractivity contribution in [3.8, 4) is 0 Å². The number of hydrogen-bond acceptors (Lipinski definition) is 4. The highest BCUT2D eigenvalue weighted by Gasteiger charge is 2.05. The highest BCUT2D eigenvalue weighted by atomic mass is 32.1. The summed E-state index contributed by atoms with van der Waals surface area (Å²) in [6, 6.07) is 4.17. The Bertz CT molecular complexity index is 491. The van der Waals surface area contributed by atoms with E-state index >= 15 is 0 Å². The predicted octanol–water partition coefficient (Wildman–Crippen LogP) is 3.13. The van der Waals surface area contributed by atoms with Crippen LogP contribution in [0, 0.1) is 6.92 Å². The second kappa shape index (κ2) is 5.19. The number of nitrogens with zero attached hydrogens (tertiary/aromatic N) is 2. The highest BCUT2D eigenvalue weighted by molar-refractivity contribution is 7.10. The van der Waals surface area contributed by atoms with E-state index < -0.39 is 0 Å².